The van der Waals surface area contributed by atoms with Crippen molar-refractivity contribution < 1.29 is 9.53 Å². The topological polar surface area (TPSA) is 38.3 Å². The Morgan fingerprint density at radius 2 is 1.59 bits per heavy atom. The first-order valence-corrected chi connectivity index (χ1v) is 15.9. The maximum atomic E-state index is 13.6. The van der Waals surface area contributed by atoms with Crippen LogP contribution < -0.4 is 10.1 Å². The monoisotopic (exact) mass is 550 g/mol. The first-order chi connectivity index (χ1) is 19.8. The molecule has 5 rings (SSSR count). The van der Waals surface area contributed by atoms with Crippen molar-refractivity contribution in [3.8, 4) is 11.5 Å². The van der Waals surface area contributed by atoms with Gasteiger partial charge in [-0.25, -0.2) is 0 Å². The van der Waals surface area contributed by atoms with E-state index in [1.807, 2.05) is 36.4 Å². The number of carbonyl (C=O) groups is 1. The lowest BCUT2D eigenvalue weighted by Gasteiger charge is -2.28. The van der Waals surface area contributed by atoms with Crippen LogP contribution in [0, 0.1) is 18.8 Å². The maximum absolute atomic E-state index is 13.6. The standard InChI is InChI=1S/C38H48NO2/c1-27(13-12-16-28-14-6-5-7-15-28)21-22-29-23-24-33(38(2,3)4)34(25-29)39-37(40)26-32-30-17-8-10-19-35(30)41-36-20-11-9-18-31(32)36/h8-11,17-20,23-25,27-28,32H,1,5-7,12-16,21-22,26H2,2-4H3,(H,39,40). The Kier molecular flexibility index (Phi) is 9.53. The number of amides is 1. The molecule has 0 saturated heterocycles. The molecule has 217 valence electrons. The molecule has 41 heavy (non-hydrogen) atoms. The molecule has 3 aromatic carbocycles. The van der Waals surface area contributed by atoms with Crippen LogP contribution in [0.5, 0.6) is 11.5 Å². The van der Waals surface area contributed by atoms with Gasteiger partial charge in [-0.1, -0.05) is 128 Å². The molecule has 3 aromatic rings. The number of benzene rings is 3. The smallest absolute Gasteiger partial charge is 0.225 e. The minimum Gasteiger partial charge on any atom is -0.457 e. The normalized spacial score (nSPS) is 16.4. The van der Waals surface area contributed by atoms with Crippen LogP contribution in [0.25, 0.3) is 0 Å². The number of nitrogens with one attached hydrogen (secondary N) is 1. The third kappa shape index (κ3) is 7.61. The molecule has 2 aliphatic rings. The summed E-state index contributed by atoms with van der Waals surface area (Å²) in [5.74, 6) is 3.09. The second-order valence-electron chi connectivity index (χ2n) is 13.5. The minimum absolute atomic E-state index is 0.0295. The fraction of sp³-hybridized carbons (Fsp3) is 0.474. The zero-order chi connectivity index (χ0) is 28.8. The molecule has 1 atom stereocenters. The van der Waals surface area contributed by atoms with Gasteiger partial charge in [-0.3, -0.25) is 4.79 Å². The first-order valence-electron chi connectivity index (χ1n) is 15.9. The number of para-hydroxylation sites is 2. The van der Waals surface area contributed by atoms with E-state index < -0.39 is 0 Å². The van der Waals surface area contributed by atoms with Crippen LogP contribution in [0.2, 0.25) is 0 Å². The Labute approximate surface area is 248 Å². The lowest BCUT2D eigenvalue weighted by molar-refractivity contribution is -0.116. The summed E-state index contributed by atoms with van der Waals surface area (Å²) in [6, 6.07) is 22.8. The molecule has 0 bridgehead atoms. The van der Waals surface area contributed by atoms with Crippen LogP contribution in [0.1, 0.15) is 113 Å². The number of aryl methyl sites for hydroxylation is 1. The summed E-state index contributed by atoms with van der Waals surface area (Å²) in [6.45, 7) is 11.1. The van der Waals surface area contributed by atoms with Gasteiger partial charge in [0.05, 0.1) is 0 Å². The van der Waals surface area contributed by atoms with E-state index in [-0.39, 0.29) is 17.2 Å². The number of fused-ring (bicyclic) bond motifs is 2. The Bertz CT molecular complexity index is 1270. The molecule has 0 spiro atoms. The molecule has 1 unspecified atom stereocenters. The van der Waals surface area contributed by atoms with Crippen molar-refractivity contribution in [3.63, 3.8) is 0 Å². The highest BCUT2D eigenvalue weighted by atomic mass is 16.5. The summed E-state index contributed by atoms with van der Waals surface area (Å²) in [7, 11) is 0. The van der Waals surface area contributed by atoms with Gasteiger partial charge in [0.1, 0.15) is 11.5 Å². The average Bonchev–Trinajstić information content (AvgIpc) is 2.96. The summed E-state index contributed by atoms with van der Waals surface area (Å²) in [6.07, 6.45) is 13.5. The van der Waals surface area contributed by atoms with Crippen molar-refractivity contribution in [2.75, 3.05) is 5.32 Å². The number of hydrogen-bond donors (Lipinski definition) is 1. The van der Waals surface area contributed by atoms with Crippen LogP contribution in [-0.4, -0.2) is 5.91 Å². The Morgan fingerprint density at radius 3 is 2.24 bits per heavy atom. The number of anilines is 1. The Morgan fingerprint density at radius 1 is 0.927 bits per heavy atom. The van der Waals surface area contributed by atoms with Gasteiger partial charge in [-0.2, -0.15) is 0 Å². The van der Waals surface area contributed by atoms with Gasteiger partial charge in [-0.15, -0.1) is 0 Å². The lowest BCUT2D eigenvalue weighted by atomic mass is 9.83. The summed E-state index contributed by atoms with van der Waals surface area (Å²) >= 11 is 0. The number of carbonyl (C=O) groups excluding carboxylic acids is 1. The molecule has 1 aliphatic heterocycles. The van der Waals surface area contributed by atoms with Gasteiger partial charge in [0.2, 0.25) is 5.91 Å². The van der Waals surface area contributed by atoms with Gasteiger partial charge < -0.3 is 10.1 Å². The van der Waals surface area contributed by atoms with Gasteiger partial charge in [-0.05, 0) is 59.4 Å². The van der Waals surface area contributed by atoms with E-state index in [9.17, 15) is 4.79 Å². The molecule has 1 saturated carbocycles. The van der Waals surface area contributed by atoms with Gasteiger partial charge in [0.15, 0.2) is 0 Å². The van der Waals surface area contributed by atoms with E-state index >= 15 is 0 Å². The van der Waals surface area contributed by atoms with Gasteiger partial charge >= 0.3 is 0 Å². The zero-order valence-corrected chi connectivity index (χ0v) is 25.4. The second-order valence-corrected chi connectivity index (χ2v) is 13.5. The van der Waals surface area contributed by atoms with Crippen molar-refractivity contribution in [1.82, 2.24) is 0 Å². The van der Waals surface area contributed by atoms with Crippen LogP contribution in [0.15, 0.2) is 66.7 Å². The largest absolute Gasteiger partial charge is 0.457 e. The Hall–Kier alpha value is -3.07. The van der Waals surface area contributed by atoms with Crippen molar-refractivity contribution in [2.24, 2.45) is 11.8 Å². The van der Waals surface area contributed by atoms with Crippen LogP contribution in [0.4, 0.5) is 5.69 Å². The summed E-state index contributed by atoms with van der Waals surface area (Å²) in [5.41, 5.74) is 5.43. The molecule has 1 aliphatic carbocycles. The van der Waals surface area contributed by atoms with Crippen LogP contribution >= 0.6 is 0 Å². The average molecular weight is 551 g/mol. The molecular formula is C38H48NO2. The minimum atomic E-state index is -0.0764. The predicted molar refractivity (Wildman–Crippen MR) is 171 cm³/mol. The first kappa shape index (κ1) is 29.4. The quantitative estimate of drug-likeness (QED) is 0.273. The molecule has 1 amide bonds. The molecule has 1 fully saturated rings. The third-order valence-corrected chi connectivity index (χ3v) is 9.16. The number of rotatable bonds is 10. The SMILES string of the molecule is [CH2]C(CCCC1CCCCC1)CCc1ccc(C(C)(C)C)c(NC(=O)CC2c3ccccc3Oc3ccccc32)c1. The van der Waals surface area contributed by atoms with E-state index in [0.29, 0.717) is 12.3 Å². The van der Waals surface area contributed by atoms with Crippen LogP contribution in [0.3, 0.4) is 0 Å². The molecular weight excluding hydrogens is 502 g/mol. The van der Waals surface area contributed by atoms with E-state index in [4.69, 9.17) is 4.74 Å². The summed E-state index contributed by atoms with van der Waals surface area (Å²) < 4.78 is 6.15. The second kappa shape index (κ2) is 13.3. The fourth-order valence-electron chi connectivity index (χ4n) is 6.81. The molecule has 1 radical (unpaired) electrons. The third-order valence-electron chi connectivity index (χ3n) is 9.16. The van der Waals surface area contributed by atoms with E-state index in [2.05, 4.69) is 63.3 Å². The number of ether oxygens (including phenoxy) is 1. The van der Waals surface area contributed by atoms with Crippen molar-refractivity contribution in [3.05, 3.63) is 95.9 Å². The van der Waals surface area contributed by atoms with Crippen molar-refractivity contribution >= 4 is 11.6 Å². The van der Waals surface area contributed by atoms with E-state index in [0.717, 1.165) is 47.1 Å². The molecule has 1 N–H and O–H groups in total. The van der Waals surface area contributed by atoms with Gasteiger partial charge in [0.25, 0.3) is 0 Å². The van der Waals surface area contributed by atoms with E-state index in [1.54, 1.807) is 0 Å². The Balaban J connectivity index is 1.24. The lowest BCUT2D eigenvalue weighted by Crippen LogP contribution is -2.22. The maximum Gasteiger partial charge on any atom is 0.225 e. The van der Waals surface area contributed by atoms with Gasteiger partial charge in [0, 0.05) is 29.2 Å². The highest BCUT2D eigenvalue weighted by molar-refractivity contribution is 5.93. The molecule has 0 aromatic heterocycles. The molecule has 3 heteroatoms. The van der Waals surface area contributed by atoms with E-state index in [1.165, 1.54) is 62.5 Å². The molecule has 1 heterocycles. The zero-order valence-electron chi connectivity index (χ0n) is 25.4. The summed E-state index contributed by atoms with van der Waals surface area (Å²) in [5, 5.41) is 3.33. The summed E-state index contributed by atoms with van der Waals surface area (Å²) in [4.78, 5) is 13.6. The molecule has 3 nitrogen and oxygen atoms in total. The van der Waals surface area contributed by atoms with Crippen molar-refractivity contribution in [2.45, 2.75) is 103 Å². The predicted octanol–water partition coefficient (Wildman–Crippen LogP) is 10.4. The van der Waals surface area contributed by atoms with Crippen LogP contribution in [-0.2, 0) is 16.6 Å². The fourth-order valence-corrected chi connectivity index (χ4v) is 6.81. The highest BCUT2D eigenvalue weighted by Gasteiger charge is 2.29. The number of hydrogen-bond acceptors (Lipinski definition) is 2. The van der Waals surface area contributed by atoms with Crippen molar-refractivity contribution in [1.29, 1.82) is 0 Å². The highest BCUT2D eigenvalue weighted by Crippen LogP contribution is 2.45.